The first-order valence-electron chi connectivity index (χ1n) is 5.37. The van der Waals surface area contributed by atoms with Crippen LogP contribution in [0.25, 0.3) is 0 Å². The molecule has 18 heavy (non-hydrogen) atoms. The third-order valence-electron chi connectivity index (χ3n) is 2.37. The Labute approximate surface area is 115 Å². The van der Waals surface area contributed by atoms with Crippen LogP contribution in [0.1, 0.15) is 10.4 Å². The monoisotopic (exact) mass is 276 g/mol. The summed E-state index contributed by atoms with van der Waals surface area (Å²) in [5, 5.41) is 4.79. The van der Waals surface area contributed by atoms with Crippen molar-refractivity contribution in [3.63, 3.8) is 0 Å². The molecular formula is C13H12N2OS2. The van der Waals surface area contributed by atoms with Crippen molar-refractivity contribution in [2.75, 3.05) is 5.32 Å². The molecule has 0 aliphatic rings. The van der Waals surface area contributed by atoms with Crippen LogP contribution < -0.4 is 11.1 Å². The fourth-order valence-corrected chi connectivity index (χ4v) is 2.33. The molecule has 1 aromatic carbocycles. The van der Waals surface area contributed by atoms with Gasteiger partial charge in [-0.3, -0.25) is 4.79 Å². The second-order valence-electron chi connectivity index (χ2n) is 3.75. The molecule has 2 aromatic rings. The van der Waals surface area contributed by atoms with Gasteiger partial charge in [0.25, 0.3) is 0 Å². The molecule has 5 heteroatoms. The molecule has 92 valence electrons. The predicted octanol–water partition coefficient (Wildman–Crippen LogP) is 2.56. The Morgan fingerprint density at radius 1 is 1.28 bits per heavy atom. The summed E-state index contributed by atoms with van der Waals surface area (Å²) in [6.07, 6.45) is 0.398. The number of carbonyl (C=O) groups excluding carboxylic acids is 1. The zero-order valence-electron chi connectivity index (χ0n) is 9.55. The second kappa shape index (κ2) is 5.75. The average molecular weight is 276 g/mol. The van der Waals surface area contributed by atoms with Crippen LogP contribution in [-0.2, 0) is 11.2 Å². The lowest BCUT2D eigenvalue weighted by Gasteiger charge is -2.05. The molecule has 0 aliphatic heterocycles. The first-order valence-corrected chi connectivity index (χ1v) is 6.66. The minimum atomic E-state index is -0.0273. The van der Waals surface area contributed by atoms with Gasteiger partial charge in [0.2, 0.25) is 5.91 Å². The minimum Gasteiger partial charge on any atom is -0.389 e. The largest absolute Gasteiger partial charge is 0.389 e. The van der Waals surface area contributed by atoms with Crippen molar-refractivity contribution in [2.45, 2.75) is 6.42 Å². The van der Waals surface area contributed by atoms with Crippen LogP contribution in [0, 0.1) is 0 Å². The molecule has 3 N–H and O–H groups in total. The molecule has 0 radical (unpaired) electrons. The summed E-state index contributed by atoms with van der Waals surface area (Å²) in [7, 11) is 0. The first-order chi connectivity index (χ1) is 8.65. The molecule has 0 atom stereocenters. The summed E-state index contributed by atoms with van der Waals surface area (Å²) >= 11 is 6.44. The van der Waals surface area contributed by atoms with Gasteiger partial charge in [0.05, 0.1) is 6.42 Å². The van der Waals surface area contributed by atoms with Crippen molar-refractivity contribution in [1.82, 2.24) is 0 Å². The van der Waals surface area contributed by atoms with Crippen molar-refractivity contribution < 1.29 is 4.79 Å². The minimum absolute atomic E-state index is 0.0273. The molecule has 2 rings (SSSR count). The summed E-state index contributed by atoms with van der Waals surface area (Å²) in [6.45, 7) is 0. The van der Waals surface area contributed by atoms with Crippen molar-refractivity contribution in [3.8, 4) is 0 Å². The summed E-state index contributed by atoms with van der Waals surface area (Å²) in [6, 6.07) is 11.1. The number of rotatable bonds is 4. The number of benzene rings is 1. The van der Waals surface area contributed by atoms with E-state index in [0.29, 0.717) is 11.4 Å². The molecule has 0 unspecified atom stereocenters. The standard InChI is InChI=1S/C13H12N2OS2/c14-13(17)9-3-5-10(6-4-9)15-12(16)8-11-2-1-7-18-11/h1-7H,8H2,(H2,14,17)(H,15,16). The first kappa shape index (κ1) is 12.7. The number of hydrogen-bond acceptors (Lipinski definition) is 3. The lowest BCUT2D eigenvalue weighted by Crippen LogP contribution is -2.14. The Bertz CT molecular complexity index is 547. The van der Waals surface area contributed by atoms with Crippen LogP contribution in [0.3, 0.4) is 0 Å². The molecule has 3 nitrogen and oxygen atoms in total. The zero-order valence-corrected chi connectivity index (χ0v) is 11.2. The predicted molar refractivity (Wildman–Crippen MR) is 79.0 cm³/mol. The van der Waals surface area contributed by atoms with E-state index in [9.17, 15) is 4.79 Å². The maximum Gasteiger partial charge on any atom is 0.229 e. The number of hydrogen-bond donors (Lipinski definition) is 2. The van der Waals surface area contributed by atoms with Crippen LogP contribution in [0.15, 0.2) is 41.8 Å². The Morgan fingerprint density at radius 3 is 2.56 bits per heavy atom. The summed E-state index contributed by atoms with van der Waals surface area (Å²) < 4.78 is 0. The van der Waals surface area contributed by atoms with E-state index in [0.717, 1.165) is 16.1 Å². The Hall–Kier alpha value is -1.72. The molecular weight excluding hydrogens is 264 g/mol. The Morgan fingerprint density at radius 2 is 2.00 bits per heavy atom. The second-order valence-corrected chi connectivity index (χ2v) is 5.22. The van der Waals surface area contributed by atoms with E-state index in [1.807, 2.05) is 17.5 Å². The molecule has 0 saturated heterocycles. The van der Waals surface area contributed by atoms with Gasteiger partial charge in [-0.05, 0) is 35.7 Å². The van der Waals surface area contributed by atoms with E-state index in [4.69, 9.17) is 18.0 Å². The normalized spacial score (nSPS) is 10.0. The number of amides is 1. The lowest BCUT2D eigenvalue weighted by atomic mass is 10.2. The fourth-order valence-electron chi connectivity index (χ4n) is 1.49. The van der Waals surface area contributed by atoms with Gasteiger partial charge in [-0.25, -0.2) is 0 Å². The van der Waals surface area contributed by atoms with Gasteiger partial charge < -0.3 is 11.1 Å². The van der Waals surface area contributed by atoms with E-state index in [1.54, 1.807) is 35.6 Å². The van der Waals surface area contributed by atoms with Gasteiger partial charge in [-0.15, -0.1) is 11.3 Å². The number of thiocarbonyl (C=S) groups is 1. The number of nitrogens with two attached hydrogens (primary N) is 1. The Kier molecular flexibility index (Phi) is 4.07. The van der Waals surface area contributed by atoms with Gasteiger partial charge in [0.15, 0.2) is 0 Å². The summed E-state index contributed by atoms with van der Waals surface area (Å²) in [5.41, 5.74) is 7.04. The van der Waals surface area contributed by atoms with Crippen molar-refractivity contribution >= 4 is 40.1 Å². The number of anilines is 1. The van der Waals surface area contributed by atoms with Crippen molar-refractivity contribution in [2.24, 2.45) is 5.73 Å². The average Bonchev–Trinajstić information content (AvgIpc) is 2.82. The van der Waals surface area contributed by atoms with Crippen molar-refractivity contribution in [3.05, 3.63) is 52.2 Å². The molecule has 0 aliphatic carbocycles. The van der Waals surface area contributed by atoms with E-state index in [-0.39, 0.29) is 5.91 Å². The van der Waals surface area contributed by atoms with Gasteiger partial charge in [0, 0.05) is 16.1 Å². The van der Waals surface area contributed by atoms with E-state index < -0.39 is 0 Å². The quantitative estimate of drug-likeness (QED) is 0.844. The third-order valence-corrected chi connectivity index (χ3v) is 3.48. The molecule has 0 fully saturated rings. The van der Waals surface area contributed by atoms with E-state index in [1.165, 1.54) is 0 Å². The summed E-state index contributed by atoms with van der Waals surface area (Å²) in [5.74, 6) is -0.0273. The highest BCUT2D eigenvalue weighted by Crippen LogP contribution is 2.12. The smallest absolute Gasteiger partial charge is 0.229 e. The molecule has 0 spiro atoms. The van der Waals surface area contributed by atoms with E-state index >= 15 is 0 Å². The maximum absolute atomic E-state index is 11.7. The Balaban J connectivity index is 1.97. The molecule has 1 heterocycles. The van der Waals surface area contributed by atoms with Gasteiger partial charge in [-0.1, -0.05) is 18.3 Å². The molecule has 0 saturated carbocycles. The number of nitrogens with one attached hydrogen (secondary N) is 1. The third kappa shape index (κ3) is 3.38. The fraction of sp³-hybridized carbons (Fsp3) is 0.0769. The number of carbonyl (C=O) groups is 1. The number of thiophene rings is 1. The highest BCUT2D eigenvalue weighted by Gasteiger charge is 2.05. The topological polar surface area (TPSA) is 55.1 Å². The van der Waals surface area contributed by atoms with Crippen LogP contribution >= 0.6 is 23.6 Å². The van der Waals surface area contributed by atoms with Gasteiger partial charge in [0.1, 0.15) is 4.99 Å². The highest BCUT2D eigenvalue weighted by atomic mass is 32.1. The molecule has 0 bridgehead atoms. The van der Waals surface area contributed by atoms with Crippen molar-refractivity contribution in [1.29, 1.82) is 0 Å². The van der Waals surface area contributed by atoms with Crippen LogP contribution in [0.5, 0.6) is 0 Å². The zero-order chi connectivity index (χ0) is 13.0. The lowest BCUT2D eigenvalue weighted by molar-refractivity contribution is -0.115. The van der Waals surface area contributed by atoms with Gasteiger partial charge in [-0.2, -0.15) is 0 Å². The maximum atomic E-state index is 11.7. The molecule has 1 aromatic heterocycles. The summed E-state index contributed by atoms with van der Waals surface area (Å²) in [4.78, 5) is 13.1. The van der Waals surface area contributed by atoms with E-state index in [2.05, 4.69) is 5.32 Å². The van der Waals surface area contributed by atoms with Gasteiger partial charge >= 0.3 is 0 Å². The van der Waals surface area contributed by atoms with Crippen LogP contribution in [0.2, 0.25) is 0 Å². The van der Waals surface area contributed by atoms with Crippen LogP contribution in [-0.4, -0.2) is 10.9 Å². The highest BCUT2D eigenvalue weighted by molar-refractivity contribution is 7.80. The van der Waals surface area contributed by atoms with Crippen LogP contribution in [0.4, 0.5) is 5.69 Å². The SMILES string of the molecule is NC(=S)c1ccc(NC(=O)Cc2cccs2)cc1. The molecule has 1 amide bonds.